The third-order valence-corrected chi connectivity index (χ3v) is 3.48. The van der Waals surface area contributed by atoms with Crippen LogP contribution >= 0.6 is 0 Å². The Morgan fingerprint density at radius 3 is 2.89 bits per heavy atom. The Labute approximate surface area is 114 Å². The summed E-state index contributed by atoms with van der Waals surface area (Å²) in [5.41, 5.74) is 2.10. The van der Waals surface area contributed by atoms with Crippen LogP contribution in [0.3, 0.4) is 0 Å². The van der Waals surface area contributed by atoms with Crippen molar-refractivity contribution in [2.24, 2.45) is 0 Å². The van der Waals surface area contributed by atoms with E-state index in [0.29, 0.717) is 19.8 Å². The number of hydrogen-bond donors (Lipinski definition) is 1. The lowest BCUT2D eigenvalue weighted by Gasteiger charge is -2.30. The molecule has 2 atom stereocenters. The van der Waals surface area contributed by atoms with E-state index in [2.05, 4.69) is 0 Å². The Bertz CT molecular complexity index is 405. The van der Waals surface area contributed by atoms with Gasteiger partial charge in [0.25, 0.3) is 0 Å². The van der Waals surface area contributed by atoms with Crippen molar-refractivity contribution < 1.29 is 19.3 Å². The molecule has 0 saturated carbocycles. The van der Waals surface area contributed by atoms with E-state index < -0.39 is 6.10 Å². The van der Waals surface area contributed by atoms with Gasteiger partial charge < -0.3 is 19.3 Å². The Hall–Kier alpha value is -1.10. The topological polar surface area (TPSA) is 47.9 Å². The first kappa shape index (κ1) is 14.3. The van der Waals surface area contributed by atoms with Crippen molar-refractivity contribution in [2.45, 2.75) is 32.0 Å². The fourth-order valence-corrected chi connectivity index (χ4v) is 2.45. The second kappa shape index (κ2) is 6.89. The van der Waals surface area contributed by atoms with Crippen LogP contribution in [0, 0.1) is 0 Å². The second-order valence-corrected chi connectivity index (χ2v) is 4.65. The average Bonchev–Trinajstić information content (AvgIpc) is 2.45. The minimum atomic E-state index is -0.559. The van der Waals surface area contributed by atoms with Crippen LogP contribution in [-0.4, -0.2) is 38.1 Å². The third kappa shape index (κ3) is 3.47. The summed E-state index contributed by atoms with van der Waals surface area (Å²) in [6.45, 7) is 3.76. The molecule has 2 rings (SSSR count). The number of benzene rings is 1. The summed E-state index contributed by atoms with van der Waals surface area (Å²) in [6.07, 6.45) is 1.04. The summed E-state index contributed by atoms with van der Waals surface area (Å²) in [6, 6.07) is 5.80. The molecule has 1 aliphatic rings. The average molecular weight is 266 g/mol. The van der Waals surface area contributed by atoms with E-state index in [0.717, 1.165) is 29.7 Å². The van der Waals surface area contributed by atoms with Crippen molar-refractivity contribution in [3.8, 4) is 5.75 Å². The SMILES string of the molecule is CCOCCOC1CCc2cc(OC)ccc2C1O. The van der Waals surface area contributed by atoms with E-state index in [1.807, 2.05) is 25.1 Å². The summed E-state index contributed by atoms with van der Waals surface area (Å²) >= 11 is 0. The molecule has 4 nitrogen and oxygen atoms in total. The molecule has 0 aromatic heterocycles. The van der Waals surface area contributed by atoms with Crippen LogP contribution in [0.5, 0.6) is 5.75 Å². The van der Waals surface area contributed by atoms with Crippen LogP contribution in [-0.2, 0) is 15.9 Å². The highest BCUT2D eigenvalue weighted by molar-refractivity contribution is 5.39. The minimum absolute atomic E-state index is 0.138. The zero-order valence-corrected chi connectivity index (χ0v) is 11.6. The van der Waals surface area contributed by atoms with Crippen molar-refractivity contribution in [2.75, 3.05) is 26.9 Å². The third-order valence-electron chi connectivity index (χ3n) is 3.48. The standard InChI is InChI=1S/C15H22O4/c1-3-18-8-9-19-14-7-4-11-10-12(17-2)5-6-13(11)15(14)16/h5-6,10,14-16H,3-4,7-9H2,1-2H3. The first-order valence-corrected chi connectivity index (χ1v) is 6.80. The predicted octanol–water partition coefficient (Wildman–Crippen LogP) is 2.10. The highest BCUT2D eigenvalue weighted by Crippen LogP contribution is 2.33. The second-order valence-electron chi connectivity index (χ2n) is 4.65. The largest absolute Gasteiger partial charge is 0.497 e. The van der Waals surface area contributed by atoms with Gasteiger partial charge in [-0.05, 0) is 43.0 Å². The van der Waals surface area contributed by atoms with Crippen LogP contribution in [0.1, 0.15) is 30.6 Å². The molecular formula is C15H22O4. The van der Waals surface area contributed by atoms with Crippen LogP contribution in [0.2, 0.25) is 0 Å². The van der Waals surface area contributed by atoms with Gasteiger partial charge in [-0.3, -0.25) is 0 Å². The minimum Gasteiger partial charge on any atom is -0.497 e. The number of fused-ring (bicyclic) bond motifs is 1. The maximum absolute atomic E-state index is 10.3. The molecule has 1 aromatic rings. The van der Waals surface area contributed by atoms with Crippen molar-refractivity contribution >= 4 is 0 Å². The van der Waals surface area contributed by atoms with Crippen LogP contribution in [0.15, 0.2) is 18.2 Å². The van der Waals surface area contributed by atoms with E-state index in [4.69, 9.17) is 14.2 Å². The molecule has 106 valence electrons. The molecule has 0 fully saturated rings. The molecule has 0 bridgehead atoms. The maximum atomic E-state index is 10.3. The molecule has 1 aromatic carbocycles. The molecule has 0 amide bonds. The molecule has 1 N–H and O–H groups in total. The van der Waals surface area contributed by atoms with Crippen LogP contribution in [0.25, 0.3) is 0 Å². The molecule has 0 spiro atoms. The van der Waals surface area contributed by atoms with Crippen LogP contribution in [0.4, 0.5) is 0 Å². The molecule has 0 aliphatic heterocycles. The monoisotopic (exact) mass is 266 g/mol. The number of hydrogen-bond acceptors (Lipinski definition) is 4. The van der Waals surface area contributed by atoms with Gasteiger partial charge in [-0.25, -0.2) is 0 Å². The van der Waals surface area contributed by atoms with E-state index in [9.17, 15) is 5.11 Å². The van der Waals surface area contributed by atoms with Crippen molar-refractivity contribution in [3.63, 3.8) is 0 Å². The normalized spacial score (nSPS) is 22.1. The predicted molar refractivity (Wildman–Crippen MR) is 72.5 cm³/mol. The van der Waals surface area contributed by atoms with Crippen LogP contribution < -0.4 is 4.74 Å². The zero-order valence-electron chi connectivity index (χ0n) is 11.6. The maximum Gasteiger partial charge on any atom is 0.119 e. The highest BCUT2D eigenvalue weighted by atomic mass is 16.5. The van der Waals surface area contributed by atoms with Gasteiger partial charge in [0.05, 0.1) is 26.4 Å². The smallest absolute Gasteiger partial charge is 0.119 e. The summed E-state index contributed by atoms with van der Waals surface area (Å²) in [5, 5.41) is 10.3. The first-order chi connectivity index (χ1) is 9.26. The van der Waals surface area contributed by atoms with Gasteiger partial charge in [0.2, 0.25) is 0 Å². The van der Waals surface area contributed by atoms with Gasteiger partial charge in [-0.15, -0.1) is 0 Å². The molecule has 0 heterocycles. The number of rotatable bonds is 6. The molecule has 1 aliphatic carbocycles. The van der Waals surface area contributed by atoms with Gasteiger partial charge in [-0.2, -0.15) is 0 Å². The Kier molecular flexibility index (Phi) is 5.19. The Morgan fingerprint density at radius 2 is 2.16 bits per heavy atom. The number of ether oxygens (including phenoxy) is 3. The molecular weight excluding hydrogens is 244 g/mol. The lowest BCUT2D eigenvalue weighted by Crippen LogP contribution is -2.29. The fraction of sp³-hybridized carbons (Fsp3) is 0.600. The first-order valence-electron chi connectivity index (χ1n) is 6.80. The van der Waals surface area contributed by atoms with Gasteiger partial charge in [0.15, 0.2) is 0 Å². The highest BCUT2D eigenvalue weighted by Gasteiger charge is 2.28. The van der Waals surface area contributed by atoms with Gasteiger partial charge >= 0.3 is 0 Å². The fourth-order valence-electron chi connectivity index (χ4n) is 2.45. The quantitative estimate of drug-likeness (QED) is 0.801. The molecule has 0 saturated heterocycles. The lowest BCUT2D eigenvalue weighted by molar-refractivity contribution is -0.0644. The summed E-state index contributed by atoms with van der Waals surface area (Å²) in [5.74, 6) is 0.835. The molecule has 0 radical (unpaired) electrons. The summed E-state index contributed by atoms with van der Waals surface area (Å²) in [7, 11) is 1.65. The van der Waals surface area contributed by atoms with Gasteiger partial charge in [0.1, 0.15) is 11.9 Å². The van der Waals surface area contributed by atoms with E-state index in [1.54, 1.807) is 7.11 Å². The molecule has 2 unspecified atom stereocenters. The van der Waals surface area contributed by atoms with E-state index in [-0.39, 0.29) is 6.10 Å². The van der Waals surface area contributed by atoms with E-state index >= 15 is 0 Å². The van der Waals surface area contributed by atoms with E-state index in [1.165, 1.54) is 0 Å². The molecule has 4 heteroatoms. The number of aliphatic hydroxyl groups excluding tert-OH is 1. The summed E-state index contributed by atoms with van der Waals surface area (Å²) in [4.78, 5) is 0. The Balaban J connectivity index is 1.97. The zero-order chi connectivity index (χ0) is 13.7. The number of aryl methyl sites for hydroxylation is 1. The van der Waals surface area contributed by atoms with Gasteiger partial charge in [-0.1, -0.05) is 6.07 Å². The van der Waals surface area contributed by atoms with Crippen molar-refractivity contribution in [1.82, 2.24) is 0 Å². The van der Waals surface area contributed by atoms with Crippen molar-refractivity contribution in [3.05, 3.63) is 29.3 Å². The lowest BCUT2D eigenvalue weighted by atomic mass is 9.87. The number of methoxy groups -OCH3 is 1. The van der Waals surface area contributed by atoms with Crippen molar-refractivity contribution in [1.29, 1.82) is 0 Å². The number of aliphatic hydroxyl groups is 1. The molecule has 19 heavy (non-hydrogen) atoms. The Morgan fingerprint density at radius 1 is 1.32 bits per heavy atom. The summed E-state index contributed by atoms with van der Waals surface area (Å²) < 4.78 is 16.1. The van der Waals surface area contributed by atoms with Gasteiger partial charge in [0, 0.05) is 6.61 Å².